The second-order valence-corrected chi connectivity index (χ2v) is 4.38. The predicted molar refractivity (Wildman–Crippen MR) is 58.6 cm³/mol. The molecule has 2 rings (SSSR count). The maximum absolute atomic E-state index is 11.9. The van der Waals surface area contributed by atoms with Crippen molar-refractivity contribution in [2.45, 2.75) is 44.9 Å². The standard InChI is InChI=1S/C13H18O2/c14-13(11-5-2-1-3-6-11)9-8-12-7-4-10-15-12/h4,7,10-11H,1-3,5-6,8-9H2. The molecule has 0 bridgehead atoms. The van der Waals surface area contributed by atoms with Crippen LogP contribution in [0.3, 0.4) is 0 Å². The van der Waals surface area contributed by atoms with Gasteiger partial charge in [0.05, 0.1) is 6.26 Å². The third-order valence-corrected chi connectivity index (χ3v) is 3.26. The molecular formula is C13H18O2. The van der Waals surface area contributed by atoms with Gasteiger partial charge in [0.25, 0.3) is 0 Å². The summed E-state index contributed by atoms with van der Waals surface area (Å²) in [7, 11) is 0. The molecule has 2 heteroatoms. The lowest BCUT2D eigenvalue weighted by Crippen LogP contribution is -2.17. The highest BCUT2D eigenvalue weighted by molar-refractivity contribution is 5.81. The lowest BCUT2D eigenvalue weighted by molar-refractivity contribution is -0.123. The van der Waals surface area contributed by atoms with E-state index in [1.54, 1.807) is 6.26 Å². The van der Waals surface area contributed by atoms with E-state index in [1.165, 1.54) is 19.3 Å². The van der Waals surface area contributed by atoms with Gasteiger partial charge in [-0.05, 0) is 25.0 Å². The van der Waals surface area contributed by atoms with E-state index >= 15 is 0 Å². The Morgan fingerprint density at radius 3 is 2.80 bits per heavy atom. The molecule has 0 unspecified atom stereocenters. The number of hydrogen-bond acceptors (Lipinski definition) is 2. The number of carbonyl (C=O) groups is 1. The average Bonchev–Trinajstić information content (AvgIpc) is 2.80. The highest BCUT2D eigenvalue weighted by atomic mass is 16.3. The van der Waals surface area contributed by atoms with Crippen molar-refractivity contribution in [1.29, 1.82) is 0 Å². The fraction of sp³-hybridized carbons (Fsp3) is 0.615. The van der Waals surface area contributed by atoms with E-state index in [4.69, 9.17) is 4.42 Å². The lowest BCUT2D eigenvalue weighted by atomic mass is 9.85. The summed E-state index contributed by atoms with van der Waals surface area (Å²) in [5, 5.41) is 0. The summed E-state index contributed by atoms with van der Waals surface area (Å²) in [5.74, 6) is 1.71. The lowest BCUT2D eigenvalue weighted by Gasteiger charge is -2.19. The van der Waals surface area contributed by atoms with Crippen LogP contribution in [0.2, 0.25) is 0 Å². The van der Waals surface area contributed by atoms with Gasteiger partial charge in [0.2, 0.25) is 0 Å². The van der Waals surface area contributed by atoms with Gasteiger partial charge in [0, 0.05) is 18.8 Å². The second kappa shape index (κ2) is 5.15. The first-order valence-electron chi connectivity index (χ1n) is 5.91. The largest absolute Gasteiger partial charge is 0.469 e. The fourth-order valence-corrected chi connectivity index (χ4v) is 2.33. The summed E-state index contributed by atoms with van der Waals surface area (Å²) in [6.45, 7) is 0. The topological polar surface area (TPSA) is 30.2 Å². The van der Waals surface area contributed by atoms with E-state index in [9.17, 15) is 4.79 Å². The van der Waals surface area contributed by atoms with Crippen molar-refractivity contribution in [1.82, 2.24) is 0 Å². The number of rotatable bonds is 4. The van der Waals surface area contributed by atoms with Gasteiger partial charge < -0.3 is 4.42 Å². The van der Waals surface area contributed by atoms with Gasteiger partial charge in [-0.1, -0.05) is 19.3 Å². The molecule has 0 aromatic carbocycles. The Bertz CT molecular complexity index is 294. The van der Waals surface area contributed by atoms with Gasteiger partial charge in [-0.3, -0.25) is 4.79 Å². The minimum atomic E-state index is 0.341. The quantitative estimate of drug-likeness (QED) is 0.756. The van der Waals surface area contributed by atoms with Crippen molar-refractivity contribution in [2.24, 2.45) is 5.92 Å². The van der Waals surface area contributed by atoms with Gasteiger partial charge in [-0.2, -0.15) is 0 Å². The number of hydrogen-bond donors (Lipinski definition) is 0. The highest BCUT2D eigenvalue weighted by Crippen LogP contribution is 2.25. The molecule has 0 spiro atoms. The van der Waals surface area contributed by atoms with Crippen LogP contribution in [0.25, 0.3) is 0 Å². The minimum Gasteiger partial charge on any atom is -0.469 e. The fourth-order valence-electron chi connectivity index (χ4n) is 2.33. The molecule has 1 aliphatic rings. The van der Waals surface area contributed by atoms with Crippen molar-refractivity contribution in [3.8, 4) is 0 Å². The van der Waals surface area contributed by atoms with Crippen molar-refractivity contribution in [2.75, 3.05) is 0 Å². The van der Waals surface area contributed by atoms with Gasteiger partial charge in [-0.25, -0.2) is 0 Å². The van der Waals surface area contributed by atoms with Crippen molar-refractivity contribution in [3.63, 3.8) is 0 Å². The zero-order valence-corrected chi connectivity index (χ0v) is 9.08. The van der Waals surface area contributed by atoms with Crippen molar-refractivity contribution >= 4 is 5.78 Å². The molecule has 0 atom stereocenters. The van der Waals surface area contributed by atoms with Crippen molar-refractivity contribution < 1.29 is 9.21 Å². The molecule has 0 radical (unpaired) electrons. The van der Waals surface area contributed by atoms with Gasteiger partial charge in [0.15, 0.2) is 0 Å². The molecule has 1 aromatic heterocycles. The Morgan fingerprint density at radius 2 is 2.13 bits per heavy atom. The van der Waals surface area contributed by atoms with Crippen LogP contribution >= 0.6 is 0 Å². The molecule has 1 heterocycles. The third-order valence-electron chi connectivity index (χ3n) is 3.26. The summed E-state index contributed by atoms with van der Waals surface area (Å²) in [6.07, 6.45) is 9.07. The molecule has 0 N–H and O–H groups in total. The maximum Gasteiger partial charge on any atom is 0.136 e. The third kappa shape index (κ3) is 2.95. The van der Waals surface area contributed by atoms with Gasteiger partial charge in [0.1, 0.15) is 11.5 Å². The van der Waals surface area contributed by atoms with E-state index < -0.39 is 0 Å². The summed E-state index contributed by atoms with van der Waals surface area (Å²) in [6, 6.07) is 3.81. The zero-order valence-electron chi connectivity index (χ0n) is 9.08. The van der Waals surface area contributed by atoms with E-state index in [1.807, 2.05) is 12.1 Å². The van der Waals surface area contributed by atoms with E-state index in [2.05, 4.69) is 0 Å². The van der Waals surface area contributed by atoms with Crippen LogP contribution < -0.4 is 0 Å². The van der Waals surface area contributed by atoms with Crippen molar-refractivity contribution in [3.05, 3.63) is 24.2 Å². The van der Waals surface area contributed by atoms with Crippen LogP contribution in [0.15, 0.2) is 22.8 Å². The van der Waals surface area contributed by atoms with Crippen LogP contribution in [-0.4, -0.2) is 5.78 Å². The van der Waals surface area contributed by atoms with E-state index in [-0.39, 0.29) is 0 Å². The van der Waals surface area contributed by atoms with Crippen LogP contribution in [0.5, 0.6) is 0 Å². The first kappa shape index (κ1) is 10.5. The smallest absolute Gasteiger partial charge is 0.136 e. The molecule has 1 fully saturated rings. The summed E-state index contributed by atoms with van der Waals surface area (Å²) in [5.41, 5.74) is 0. The predicted octanol–water partition coefficient (Wildman–Crippen LogP) is 3.36. The molecule has 1 aromatic rings. The minimum absolute atomic E-state index is 0.341. The molecule has 1 aliphatic carbocycles. The molecular weight excluding hydrogens is 188 g/mol. The Kier molecular flexibility index (Phi) is 3.59. The molecule has 1 saturated carbocycles. The Morgan fingerprint density at radius 1 is 1.33 bits per heavy atom. The number of furan rings is 1. The normalized spacial score (nSPS) is 17.9. The first-order chi connectivity index (χ1) is 7.36. The average molecular weight is 206 g/mol. The van der Waals surface area contributed by atoms with Crippen LogP contribution in [-0.2, 0) is 11.2 Å². The molecule has 2 nitrogen and oxygen atoms in total. The van der Waals surface area contributed by atoms with Crippen LogP contribution in [0.4, 0.5) is 0 Å². The molecule has 0 aliphatic heterocycles. The SMILES string of the molecule is O=C(CCc1ccco1)C1CCCCC1. The number of ketones is 1. The Labute approximate surface area is 90.7 Å². The summed E-state index contributed by atoms with van der Waals surface area (Å²) in [4.78, 5) is 11.9. The maximum atomic E-state index is 11.9. The first-order valence-corrected chi connectivity index (χ1v) is 5.91. The zero-order chi connectivity index (χ0) is 10.5. The van der Waals surface area contributed by atoms with Crippen LogP contribution in [0, 0.1) is 5.92 Å². The van der Waals surface area contributed by atoms with E-state index in [0.29, 0.717) is 18.1 Å². The molecule has 0 saturated heterocycles. The second-order valence-electron chi connectivity index (χ2n) is 4.38. The monoisotopic (exact) mass is 206 g/mol. The number of carbonyl (C=O) groups excluding carboxylic acids is 1. The Hall–Kier alpha value is -1.05. The summed E-state index contributed by atoms with van der Waals surface area (Å²) < 4.78 is 5.22. The number of aryl methyl sites for hydroxylation is 1. The van der Waals surface area contributed by atoms with Crippen LogP contribution in [0.1, 0.15) is 44.3 Å². The molecule has 15 heavy (non-hydrogen) atoms. The highest BCUT2D eigenvalue weighted by Gasteiger charge is 2.20. The summed E-state index contributed by atoms with van der Waals surface area (Å²) >= 11 is 0. The molecule has 0 amide bonds. The number of Topliss-reactive ketones (excluding diaryl/α,β-unsaturated/α-hetero) is 1. The van der Waals surface area contributed by atoms with Gasteiger partial charge in [-0.15, -0.1) is 0 Å². The Balaban J connectivity index is 1.76. The van der Waals surface area contributed by atoms with E-state index in [0.717, 1.165) is 25.0 Å². The molecule has 82 valence electrons. The van der Waals surface area contributed by atoms with Gasteiger partial charge >= 0.3 is 0 Å².